The van der Waals surface area contributed by atoms with Crippen molar-refractivity contribution in [3.8, 4) is 0 Å². The van der Waals surface area contributed by atoms with E-state index in [4.69, 9.17) is 0 Å². The van der Waals surface area contributed by atoms with Gasteiger partial charge in [-0.2, -0.15) is 0 Å². The average Bonchev–Trinajstić information content (AvgIpc) is 2.77. The molecule has 1 amide bonds. The number of rotatable bonds is 3. The maximum Gasteiger partial charge on any atom is 0.253 e. The van der Waals surface area contributed by atoms with E-state index >= 15 is 0 Å². The van der Waals surface area contributed by atoms with Crippen molar-refractivity contribution in [3.05, 3.63) is 54.6 Å². The van der Waals surface area contributed by atoms with Crippen molar-refractivity contribution in [1.82, 2.24) is 4.90 Å². The van der Waals surface area contributed by atoms with E-state index in [1.54, 1.807) is 16.2 Å². The van der Waals surface area contributed by atoms with Crippen LogP contribution in [0, 0.1) is 6.92 Å². The van der Waals surface area contributed by atoms with Crippen LogP contribution in [-0.2, 0) is 6.54 Å². The monoisotopic (exact) mass is 401 g/mol. The normalized spacial score (nSPS) is 10.5. The van der Waals surface area contributed by atoms with Crippen LogP contribution in [0.25, 0.3) is 0 Å². The van der Waals surface area contributed by atoms with Crippen LogP contribution in [-0.4, -0.2) is 17.9 Å². The van der Waals surface area contributed by atoms with E-state index in [2.05, 4.69) is 31.9 Å². The van der Waals surface area contributed by atoms with Crippen LogP contribution < -0.4 is 0 Å². The molecule has 0 aliphatic heterocycles. The molecular weight excluding hydrogens is 390 g/mol. The van der Waals surface area contributed by atoms with Crippen LogP contribution in [0.3, 0.4) is 0 Å². The van der Waals surface area contributed by atoms with Gasteiger partial charge in [0.15, 0.2) is 0 Å². The molecule has 0 unspecified atom stereocenters. The second-order valence-corrected chi connectivity index (χ2v) is 7.12. The van der Waals surface area contributed by atoms with E-state index in [9.17, 15) is 4.79 Å². The van der Waals surface area contributed by atoms with Gasteiger partial charge in [0.05, 0.1) is 6.54 Å². The van der Waals surface area contributed by atoms with E-state index in [1.807, 2.05) is 43.6 Å². The summed E-state index contributed by atoms with van der Waals surface area (Å²) in [5.74, 6) is 0.0326. The molecule has 100 valence electrons. The zero-order valence-corrected chi connectivity index (χ0v) is 14.6. The van der Waals surface area contributed by atoms with Crippen LogP contribution in [0.15, 0.2) is 38.6 Å². The molecule has 0 saturated carbocycles. The zero-order chi connectivity index (χ0) is 14.0. The van der Waals surface area contributed by atoms with Gasteiger partial charge < -0.3 is 4.90 Å². The molecule has 0 bridgehead atoms. The van der Waals surface area contributed by atoms with Crippen molar-refractivity contribution < 1.29 is 4.79 Å². The van der Waals surface area contributed by atoms with Crippen molar-refractivity contribution >= 4 is 49.1 Å². The van der Waals surface area contributed by atoms with E-state index in [1.165, 1.54) is 0 Å². The summed E-state index contributed by atoms with van der Waals surface area (Å²) in [6.45, 7) is 2.63. The minimum Gasteiger partial charge on any atom is -0.337 e. The number of thiophene rings is 1. The summed E-state index contributed by atoms with van der Waals surface area (Å²) in [4.78, 5) is 15.2. The van der Waals surface area contributed by atoms with Crippen LogP contribution in [0.5, 0.6) is 0 Å². The first-order valence-corrected chi connectivity index (χ1v) is 8.18. The van der Waals surface area contributed by atoms with Crippen molar-refractivity contribution in [1.29, 1.82) is 0 Å². The maximum atomic E-state index is 12.3. The highest BCUT2D eigenvalue weighted by atomic mass is 79.9. The Bertz CT molecular complexity index is 609. The third kappa shape index (κ3) is 3.68. The Hall–Kier alpha value is -0.650. The van der Waals surface area contributed by atoms with E-state index in [0.717, 1.165) is 19.4 Å². The smallest absolute Gasteiger partial charge is 0.253 e. The van der Waals surface area contributed by atoms with Gasteiger partial charge in [-0.3, -0.25) is 4.79 Å². The summed E-state index contributed by atoms with van der Waals surface area (Å²) < 4.78 is 2.03. The lowest BCUT2D eigenvalue weighted by atomic mass is 10.1. The van der Waals surface area contributed by atoms with E-state index in [-0.39, 0.29) is 5.91 Å². The predicted molar refractivity (Wildman–Crippen MR) is 86.7 cm³/mol. The second kappa shape index (κ2) is 6.20. The lowest BCUT2D eigenvalue weighted by Crippen LogP contribution is -2.25. The first-order chi connectivity index (χ1) is 8.97. The van der Waals surface area contributed by atoms with Gasteiger partial charge in [0, 0.05) is 31.8 Å². The Morgan fingerprint density at radius 3 is 2.63 bits per heavy atom. The number of hydrogen-bond acceptors (Lipinski definition) is 2. The average molecular weight is 403 g/mol. The number of halogens is 2. The number of amides is 1. The van der Waals surface area contributed by atoms with Gasteiger partial charge in [-0.25, -0.2) is 0 Å². The molecule has 2 rings (SSSR count). The molecule has 1 heterocycles. The number of carbonyl (C=O) groups excluding carboxylic acids is 1. The highest BCUT2D eigenvalue weighted by molar-refractivity contribution is 9.10. The number of benzene rings is 1. The summed E-state index contributed by atoms with van der Waals surface area (Å²) in [6, 6.07) is 7.73. The summed E-state index contributed by atoms with van der Waals surface area (Å²) >= 11 is 8.53. The molecule has 0 N–H and O–H groups in total. The molecular formula is C14H13Br2NOS. The molecule has 0 spiro atoms. The van der Waals surface area contributed by atoms with Crippen LogP contribution in [0.2, 0.25) is 0 Å². The van der Waals surface area contributed by atoms with E-state index in [0.29, 0.717) is 12.1 Å². The highest BCUT2D eigenvalue weighted by Gasteiger charge is 2.13. The van der Waals surface area contributed by atoms with Gasteiger partial charge in [-0.1, -0.05) is 22.0 Å². The SMILES string of the molecule is Cc1ccc(C(=O)N(C)Cc2cc(Br)cs2)cc1Br. The van der Waals surface area contributed by atoms with Crippen LogP contribution >= 0.6 is 43.2 Å². The Morgan fingerprint density at radius 1 is 1.32 bits per heavy atom. The molecule has 0 aliphatic carbocycles. The minimum absolute atomic E-state index is 0.0326. The molecule has 19 heavy (non-hydrogen) atoms. The van der Waals surface area contributed by atoms with Crippen molar-refractivity contribution in [2.24, 2.45) is 0 Å². The summed E-state index contributed by atoms with van der Waals surface area (Å²) in [6.07, 6.45) is 0. The number of nitrogens with zero attached hydrogens (tertiary/aromatic N) is 1. The summed E-state index contributed by atoms with van der Waals surface area (Å²) in [5.41, 5.74) is 1.83. The van der Waals surface area contributed by atoms with Gasteiger partial charge in [-0.15, -0.1) is 11.3 Å². The van der Waals surface area contributed by atoms with Gasteiger partial charge >= 0.3 is 0 Å². The topological polar surface area (TPSA) is 20.3 Å². The Labute approximate surface area is 133 Å². The molecule has 0 atom stereocenters. The van der Waals surface area contributed by atoms with Crippen molar-refractivity contribution in [2.75, 3.05) is 7.05 Å². The zero-order valence-electron chi connectivity index (χ0n) is 10.6. The Kier molecular flexibility index (Phi) is 4.81. The van der Waals surface area contributed by atoms with Crippen LogP contribution in [0.4, 0.5) is 0 Å². The largest absolute Gasteiger partial charge is 0.337 e. The third-order valence-electron chi connectivity index (χ3n) is 2.78. The molecule has 5 heteroatoms. The maximum absolute atomic E-state index is 12.3. The molecule has 2 nitrogen and oxygen atoms in total. The molecule has 0 saturated heterocycles. The highest BCUT2D eigenvalue weighted by Crippen LogP contribution is 2.22. The molecule has 0 radical (unpaired) electrons. The first-order valence-electron chi connectivity index (χ1n) is 5.72. The van der Waals surface area contributed by atoms with E-state index < -0.39 is 0 Å². The lowest BCUT2D eigenvalue weighted by molar-refractivity contribution is 0.0786. The fraction of sp³-hybridized carbons (Fsp3) is 0.214. The van der Waals surface area contributed by atoms with Gasteiger partial charge in [0.1, 0.15) is 0 Å². The predicted octanol–water partition coefficient (Wildman–Crippen LogP) is 4.85. The summed E-state index contributed by atoms with van der Waals surface area (Å²) in [5, 5.41) is 2.02. The third-order valence-corrected chi connectivity index (χ3v) is 5.32. The number of aryl methyl sites for hydroxylation is 1. The first kappa shape index (κ1) is 14.8. The van der Waals surface area contributed by atoms with Crippen molar-refractivity contribution in [3.63, 3.8) is 0 Å². The van der Waals surface area contributed by atoms with Gasteiger partial charge in [-0.05, 0) is 46.6 Å². The lowest BCUT2D eigenvalue weighted by Gasteiger charge is -2.16. The van der Waals surface area contributed by atoms with Gasteiger partial charge in [0.2, 0.25) is 0 Å². The Morgan fingerprint density at radius 2 is 2.05 bits per heavy atom. The fourth-order valence-corrected chi connectivity index (χ4v) is 3.57. The van der Waals surface area contributed by atoms with Crippen molar-refractivity contribution in [2.45, 2.75) is 13.5 Å². The molecule has 0 aliphatic rings. The van der Waals surface area contributed by atoms with Gasteiger partial charge in [0.25, 0.3) is 5.91 Å². The minimum atomic E-state index is 0.0326. The van der Waals surface area contributed by atoms with Crippen LogP contribution in [0.1, 0.15) is 20.8 Å². The number of hydrogen-bond donors (Lipinski definition) is 0. The summed E-state index contributed by atoms with van der Waals surface area (Å²) in [7, 11) is 1.82. The molecule has 1 aromatic carbocycles. The number of carbonyl (C=O) groups is 1. The Balaban J connectivity index is 2.12. The fourth-order valence-electron chi connectivity index (χ4n) is 1.69. The molecule has 1 aromatic heterocycles. The standard InChI is InChI=1S/C14H13Br2NOS/c1-9-3-4-10(5-13(9)16)14(18)17(2)7-12-6-11(15)8-19-12/h3-6,8H,7H2,1-2H3. The second-order valence-electron chi connectivity index (χ2n) is 4.36. The molecule has 0 fully saturated rings. The quantitative estimate of drug-likeness (QED) is 0.718. The molecule has 2 aromatic rings.